The molecule has 0 spiro atoms. The molecule has 0 saturated carbocycles. The molecular weight excluding hydrogens is 310 g/mol. The summed E-state index contributed by atoms with van der Waals surface area (Å²) in [6.07, 6.45) is 5.38. The van der Waals surface area contributed by atoms with Gasteiger partial charge in [0.15, 0.2) is 0 Å². The first kappa shape index (κ1) is 17.1. The Balaban J connectivity index is 0.000000113. The van der Waals surface area contributed by atoms with Crippen molar-refractivity contribution in [1.82, 2.24) is 25.6 Å². The van der Waals surface area contributed by atoms with Gasteiger partial charge in [-0.2, -0.15) is 0 Å². The molecular formula is C20H23N5. The molecule has 0 atom stereocenters. The standard InChI is InChI=1S/C9H7N.C7H6N2.C4H10N2/c1-2-4-9-7-10-6-5-8(9)3-1;1-2-4-7-6(3-1)8-5-9-7;1-2-6-4-3-5-1/h1-7H;1-5H,(H,8,9);5-6H,1-4H2. The van der Waals surface area contributed by atoms with Gasteiger partial charge in [-0.1, -0.05) is 36.4 Å². The predicted molar refractivity (Wildman–Crippen MR) is 104 cm³/mol. The molecule has 1 fully saturated rings. The molecule has 5 heteroatoms. The number of piperazine rings is 1. The van der Waals surface area contributed by atoms with Crippen LogP contribution in [0, 0.1) is 0 Å². The fourth-order valence-corrected chi connectivity index (χ4v) is 2.51. The summed E-state index contributed by atoms with van der Waals surface area (Å²) in [6, 6.07) is 18.1. The van der Waals surface area contributed by atoms with Crippen molar-refractivity contribution in [3.8, 4) is 0 Å². The number of benzene rings is 2. The second kappa shape index (κ2) is 9.52. The van der Waals surface area contributed by atoms with Crippen LogP contribution in [-0.2, 0) is 0 Å². The lowest BCUT2D eigenvalue weighted by molar-refractivity contribution is 0.534. The maximum Gasteiger partial charge on any atom is 0.0931 e. The van der Waals surface area contributed by atoms with Crippen LogP contribution in [0.1, 0.15) is 0 Å². The largest absolute Gasteiger partial charge is 0.345 e. The number of nitrogens with one attached hydrogen (secondary N) is 3. The van der Waals surface area contributed by atoms with Crippen LogP contribution in [-0.4, -0.2) is 41.1 Å². The van der Waals surface area contributed by atoms with E-state index >= 15 is 0 Å². The van der Waals surface area contributed by atoms with Crippen LogP contribution < -0.4 is 10.6 Å². The highest BCUT2D eigenvalue weighted by Gasteiger charge is 1.91. The van der Waals surface area contributed by atoms with Crippen LogP contribution in [0.25, 0.3) is 21.8 Å². The van der Waals surface area contributed by atoms with Gasteiger partial charge < -0.3 is 15.6 Å². The zero-order chi connectivity index (χ0) is 17.2. The summed E-state index contributed by atoms with van der Waals surface area (Å²) in [4.78, 5) is 11.1. The highest BCUT2D eigenvalue weighted by Crippen LogP contribution is 2.09. The third kappa shape index (κ3) is 5.38. The van der Waals surface area contributed by atoms with Crippen LogP contribution in [0.4, 0.5) is 0 Å². The van der Waals surface area contributed by atoms with Gasteiger partial charge in [-0.25, -0.2) is 4.98 Å². The van der Waals surface area contributed by atoms with Crippen LogP contribution >= 0.6 is 0 Å². The lowest BCUT2D eigenvalue weighted by atomic mass is 10.2. The van der Waals surface area contributed by atoms with Gasteiger partial charge in [-0.3, -0.25) is 4.98 Å². The fourth-order valence-electron chi connectivity index (χ4n) is 2.51. The number of pyridine rings is 1. The van der Waals surface area contributed by atoms with Crippen LogP contribution in [0.3, 0.4) is 0 Å². The summed E-state index contributed by atoms with van der Waals surface area (Å²) < 4.78 is 0. The number of hydrogen-bond acceptors (Lipinski definition) is 4. The minimum Gasteiger partial charge on any atom is -0.345 e. The first-order valence-electron chi connectivity index (χ1n) is 8.52. The summed E-state index contributed by atoms with van der Waals surface area (Å²) in [5, 5.41) is 8.89. The number of aromatic amines is 1. The number of para-hydroxylation sites is 2. The summed E-state index contributed by atoms with van der Waals surface area (Å²) >= 11 is 0. The van der Waals surface area contributed by atoms with Crippen LogP contribution in [0.5, 0.6) is 0 Å². The van der Waals surface area contributed by atoms with Crippen molar-refractivity contribution >= 4 is 21.8 Å². The van der Waals surface area contributed by atoms with Crippen LogP contribution in [0.2, 0.25) is 0 Å². The van der Waals surface area contributed by atoms with E-state index in [0.29, 0.717) is 0 Å². The Kier molecular flexibility index (Phi) is 6.50. The van der Waals surface area contributed by atoms with Gasteiger partial charge in [0.25, 0.3) is 0 Å². The molecule has 5 nitrogen and oxygen atoms in total. The fraction of sp³-hybridized carbons (Fsp3) is 0.200. The molecule has 0 unspecified atom stereocenters. The normalized spacial score (nSPS) is 13.4. The molecule has 3 N–H and O–H groups in total. The number of hydrogen-bond donors (Lipinski definition) is 3. The molecule has 1 aliphatic heterocycles. The van der Waals surface area contributed by atoms with Gasteiger partial charge in [-0.05, 0) is 29.0 Å². The Hall–Kier alpha value is -2.76. The Morgan fingerprint density at radius 2 is 1.40 bits per heavy atom. The van der Waals surface area contributed by atoms with Gasteiger partial charge in [0.05, 0.1) is 17.4 Å². The molecule has 4 aromatic rings. The third-order valence-corrected chi connectivity index (χ3v) is 3.83. The van der Waals surface area contributed by atoms with Crippen molar-refractivity contribution in [2.45, 2.75) is 0 Å². The zero-order valence-corrected chi connectivity index (χ0v) is 14.2. The lowest BCUT2D eigenvalue weighted by Crippen LogP contribution is -2.39. The van der Waals surface area contributed by atoms with Gasteiger partial charge >= 0.3 is 0 Å². The van der Waals surface area contributed by atoms with E-state index in [0.717, 1.165) is 37.2 Å². The summed E-state index contributed by atoms with van der Waals surface area (Å²) in [6.45, 7) is 4.56. The number of nitrogens with zero attached hydrogens (tertiary/aromatic N) is 2. The number of fused-ring (bicyclic) bond motifs is 2. The van der Waals surface area contributed by atoms with E-state index in [1.165, 1.54) is 10.8 Å². The van der Waals surface area contributed by atoms with E-state index in [1.807, 2.05) is 54.9 Å². The molecule has 25 heavy (non-hydrogen) atoms. The molecule has 128 valence electrons. The first-order valence-corrected chi connectivity index (χ1v) is 8.52. The van der Waals surface area contributed by atoms with E-state index in [4.69, 9.17) is 0 Å². The van der Waals surface area contributed by atoms with Gasteiger partial charge in [-0.15, -0.1) is 0 Å². The predicted octanol–water partition coefficient (Wildman–Crippen LogP) is 2.98. The highest BCUT2D eigenvalue weighted by molar-refractivity contribution is 5.81. The minimum absolute atomic E-state index is 1.03. The Morgan fingerprint density at radius 3 is 2.08 bits per heavy atom. The molecule has 2 aromatic carbocycles. The molecule has 0 bridgehead atoms. The minimum atomic E-state index is 1.03. The number of imidazole rings is 1. The second-order valence-corrected chi connectivity index (χ2v) is 5.64. The molecule has 2 aromatic heterocycles. The van der Waals surface area contributed by atoms with Crippen LogP contribution in [0.15, 0.2) is 73.3 Å². The zero-order valence-electron chi connectivity index (χ0n) is 14.2. The van der Waals surface area contributed by atoms with E-state index in [9.17, 15) is 0 Å². The monoisotopic (exact) mass is 333 g/mol. The Morgan fingerprint density at radius 1 is 0.720 bits per heavy atom. The SMILES string of the molecule is C1CNCCN1.c1ccc2[nH]cnc2c1.c1ccc2cnccc2c1. The molecule has 0 aliphatic carbocycles. The average molecular weight is 333 g/mol. The summed E-state index contributed by atoms with van der Waals surface area (Å²) in [5.74, 6) is 0. The van der Waals surface area contributed by atoms with Gasteiger partial charge in [0.2, 0.25) is 0 Å². The van der Waals surface area contributed by atoms with Crippen molar-refractivity contribution in [3.05, 3.63) is 73.3 Å². The van der Waals surface area contributed by atoms with Crippen molar-refractivity contribution in [1.29, 1.82) is 0 Å². The highest BCUT2D eigenvalue weighted by atomic mass is 15.0. The maximum atomic E-state index is 4.06. The smallest absolute Gasteiger partial charge is 0.0931 e. The second-order valence-electron chi connectivity index (χ2n) is 5.64. The quantitative estimate of drug-likeness (QED) is 0.463. The molecule has 1 saturated heterocycles. The van der Waals surface area contributed by atoms with Crippen molar-refractivity contribution < 1.29 is 0 Å². The van der Waals surface area contributed by atoms with E-state index < -0.39 is 0 Å². The van der Waals surface area contributed by atoms with Crippen molar-refractivity contribution in [2.24, 2.45) is 0 Å². The van der Waals surface area contributed by atoms with E-state index in [2.05, 4.69) is 37.7 Å². The molecule has 0 amide bonds. The van der Waals surface area contributed by atoms with Crippen molar-refractivity contribution in [3.63, 3.8) is 0 Å². The van der Waals surface area contributed by atoms with Gasteiger partial charge in [0.1, 0.15) is 0 Å². The molecule has 0 radical (unpaired) electrons. The Labute approximate surface area is 147 Å². The van der Waals surface area contributed by atoms with Crippen molar-refractivity contribution in [2.75, 3.05) is 26.2 Å². The van der Waals surface area contributed by atoms with E-state index in [1.54, 1.807) is 6.33 Å². The topological polar surface area (TPSA) is 65.6 Å². The molecule has 1 aliphatic rings. The average Bonchev–Trinajstić information content (AvgIpc) is 3.19. The third-order valence-electron chi connectivity index (χ3n) is 3.83. The maximum absolute atomic E-state index is 4.06. The Bertz CT molecular complexity index is 776. The number of H-pyrrole nitrogens is 1. The summed E-state index contributed by atoms with van der Waals surface area (Å²) in [7, 11) is 0. The number of rotatable bonds is 0. The summed E-state index contributed by atoms with van der Waals surface area (Å²) in [5.41, 5.74) is 2.12. The molecule has 5 rings (SSSR count). The number of aromatic nitrogens is 3. The first-order chi connectivity index (χ1) is 12.4. The van der Waals surface area contributed by atoms with E-state index in [-0.39, 0.29) is 0 Å². The lowest BCUT2D eigenvalue weighted by Gasteiger charge is -2.11. The molecule has 3 heterocycles. The van der Waals surface area contributed by atoms with Gasteiger partial charge in [0, 0.05) is 38.6 Å².